The largest absolute Gasteiger partial charge is 0.478 e. The van der Waals surface area contributed by atoms with E-state index >= 15 is 0 Å². The maximum absolute atomic E-state index is 10.6. The number of rotatable bonds is 4. The number of aromatic nitrogens is 2. The molecule has 0 aliphatic rings. The van der Waals surface area contributed by atoms with Gasteiger partial charge in [0.1, 0.15) is 5.82 Å². The number of hydrogen-bond acceptors (Lipinski definition) is 4. The average molecular weight is 281 g/mol. The minimum atomic E-state index is -1.02. The SMILES string of the molecule is O=C(O)c1cnc(CSc2cccc(Cl)c2)nc1. The minimum absolute atomic E-state index is 0.0894. The van der Waals surface area contributed by atoms with Gasteiger partial charge in [0.25, 0.3) is 0 Å². The first-order valence-corrected chi connectivity index (χ1v) is 6.44. The number of aromatic carboxylic acids is 1. The Morgan fingerprint density at radius 2 is 2.06 bits per heavy atom. The molecule has 18 heavy (non-hydrogen) atoms. The van der Waals surface area contributed by atoms with E-state index in [1.165, 1.54) is 12.4 Å². The lowest BCUT2D eigenvalue weighted by molar-refractivity contribution is 0.0696. The van der Waals surface area contributed by atoms with Crippen LogP contribution < -0.4 is 0 Å². The Morgan fingerprint density at radius 3 is 2.67 bits per heavy atom. The molecule has 1 aromatic carbocycles. The van der Waals surface area contributed by atoms with Gasteiger partial charge in [-0.25, -0.2) is 14.8 Å². The van der Waals surface area contributed by atoms with Gasteiger partial charge in [0.15, 0.2) is 0 Å². The summed E-state index contributed by atoms with van der Waals surface area (Å²) in [5.74, 6) is 0.134. The van der Waals surface area contributed by atoms with E-state index in [1.54, 1.807) is 11.8 Å². The summed E-state index contributed by atoms with van der Waals surface area (Å²) in [5.41, 5.74) is 0.0894. The molecule has 0 saturated carbocycles. The predicted molar refractivity (Wildman–Crippen MR) is 70.0 cm³/mol. The van der Waals surface area contributed by atoms with Gasteiger partial charge in [-0.3, -0.25) is 0 Å². The minimum Gasteiger partial charge on any atom is -0.478 e. The van der Waals surface area contributed by atoms with E-state index in [0.29, 0.717) is 16.6 Å². The van der Waals surface area contributed by atoms with E-state index < -0.39 is 5.97 Å². The second-order valence-corrected chi connectivity index (χ2v) is 4.92. The molecule has 92 valence electrons. The van der Waals surface area contributed by atoms with Gasteiger partial charge >= 0.3 is 5.97 Å². The molecule has 0 amide bonds. The molecule has 0 fully saturated rings. The highest BCUT2D eigenvalue weighted by atomic mass is 35.5. The summed E-state index contributed by atoms with van der Waals surface area (Å²) in [4.78, 5) is 19.6. The molecule has 6 heteroatoms. The number of nitrogens with zero attached hydrogens (tertiary/aromatic N) is 2. The van der Waals surface area contributed by atoms with Gasteiger partial charge in [0, 0.05) is 22.3 Å². The zero-order valence-electron chi connectivity index (χ0n) is 9.21. The fourth-order valence-corrected chi connectivity index (χ4v) is 2.33. The van der Waals surface area contributed by atoms with Crippen LogP contribution in [0.1, 0.15) is 16.2 Å². The molecule has 2 rings (SSSR count). The lowest BCUT2D eigenvalue weighted by Crippen LogP contribution is -2.00. The highest BCUT2D eigenvalue weighted by Gasteiger charge is 2.04. The summed E-state index contributed by atoms with van der Waals surface area (Å²) < 4.78 is 0. The molecule has 0 bridgehead atoms. The molecular weight excluding hydrogens is 272 g/mol. The first-order valence-electron chi connectivity index (χ1n) is 5.08. The standard InChI is InChI=1S/C12H9ClN2O2S/c13-9-2-1-3-10(4-9)18-7-11-14-5-8(6-15-11)12(16)17/h1-6H,7H2,(H,16,17). The molecule has 0 aliphatic carbocycles. The normalized spacial score (nSPS) is 10.3. The molecule has 2 aromatic rings. The summed E-state index contributed by atoms with van der Waals surface area (Å²) in [5, 5.41) is 9.40. The Hall–Kier alpha value is -1.59. The molecule has 0 saturated heterocycles. The van der Waals surface area contributed by atoms with Gasteiger partial charge in [0.2, 0.25) is 0 Å². The van der Waals surface area contributed by atoms with Gasteiger partial charge < -0.3 is 5.11 Å². The van der Waals surface area contributed by atoms with Crippen LogP contribution in [-0.4, -0.2) is 21.0 Å². The molecular formula is C12H9ClN2O2S. The fraction of sp³-hybridized carbons (Fsp3) is 0.0833. The Balaban J connectivity index is 2.00. The van der Waals surface area contributed by atoms with Crippen LogP contribution in [-0.2, 0) is 5.75 Å². The monoisotopic (exact) mass is 280 g/mol. The maximum atomic E-state index is 10.6. The van der Waals surface area contributed by atoms with Crippen LogP contribution in [0.4, 0.5) is 0 Å². The molecule has 0 spiro atoms. The number of carboxylic acids is 1. The van der Waals surface area contributed by atoms with Crippen molar-refractivity contribution >= 4 is 29.3 Å². The van der Waals surface area contributed by atoms with Crippen LogP contribution in [0.2, 0.25) is 5.02 Å². The lowest BCUT2D eigenvalue weighted by Gasteiger charge is -2.01. The Kier molecular flexibility index (Phi) is 4.17. The number of thioether (sulfide) groups is 1. The van der Waals surface area contributed by atoms with Gasteiger partial charge in [-0.2, -0.15) is 0 Å². The third-order valence-corrected chi connectivity index (χ3v) is 3.34. The smallest absolute Gasteiger partial charge is 0.338 e. The molecule has 0 atom stereocenters. The molecule has 0 unspecified atom stereocenters. The highest BCUT2D eigenvalue weighted by Crippen LogP contribution is 2.23. The molecule has 1 aromatic heterocycles. The summed E-state index contributed by atoms with van der Waals surface area (Å²) in [6, 6.07) is 7.49. The van der Waals surface area contributed by atoms with Crippen molar-refractivity contribution in [3.05, 3.63) is 53.1 Å². The zero-order valence-corrected chi connectivity index (χ0v) is 10.8. The van der Waals surface area contributed by atoms with Crippen molar-refractivity contribution in [1.29, 1.82) is 0 Å². The van der Waals surface area contributed by atoms with Crippen LogP contribution in [0, 0.1) is 0 Å². The van der Waals surface area contributed by atoms with Crippen molar-refractivity contribution < 1.29 is 9.90 Å². The fourth-order valence-electron chi connectivity index (χ4n) is 1.24. The van der Waals surface area contributed by atoms with Gasteiger partial charge in [0.05, 0.1) is 11.3 Å². The topological polar surface area (TPSA) is 63.1 Å². The van der Waals surface area contributed by atoms with E-state index in [9.17, 15) is 4.79 Å². The number of halogens is 1. The van der Waals surface area contributed by atoms with Gasteiger partial charge in [-0.05, 0) is 18.2 Å². The average Bonchev–Trinajstić information content (AvgIpc) is 2.37. The summed E-state index contributed by atoms with van der Waals surface area (Å²) in [6.07, 6.45) is 2.62. The molecule has 4 nitrogen and oxygen atoms in total. The van der Waals surface area contributed by atoms with Crippen LogP contribution >= 0.6 is 23.4 Å². The van der Waals surface area contributed by atoms with E-state index in [-0.39, 0.29) is 5.56 Å². The quantitative estimate of drug-likeness (QED) is 0.872. The van der Waals surface area contributed by atoms with Crippen molar-refractivity contribution in [2.45, 2.75) is 10.6 Å². The van der Waals surface area contributed by atoms with Crippen molar-refractivity contribution in [1.82, 2.24) is 9.97 Å². The third-order valence-electron chi connectivity index (χ3n) is 2.12. The maximum Gasteiger partial charge on any atom is 0.338 e. The van der Waals surface area contributed by atoms with E-state index in [2.05, 4.69) is 9.97 Å². The Morgan fingerprint density at radius 1 is 1.33 bits per heavy atom. The van der Waals surface area contributed by atoms with Crippen molar-refractivity contribution in [2.24, 2.45) is 0 Å². The van der Waals surface area contributed by atoms with Crippen LogP contribution in [0.3, 0.4) is 0 Å². The first kappa shape index (κ1) is 12.9. The lowest BCUT2D eigenvalue weighted by atomic mass is 10.3. The summed E-state index contributed by atoms with van der Waals surface area (Å²) in [6.45, 7) is 0. The second kappa shape index (κ2) is 5.84. The van der Waals surface area contributed by atoms with Crippen LogP contribution in [0.25, 0.3) is 0 Å². The highest BCUT2D eigenvalue weighted by molar-refractivity contribution is 7.98. The van der Waals surface area contributed by atoms with E-state index in [4.69, 9.17) is 16.7 Å². The molecule has 1 heterocycles. The van der Waals surface area contributed by atoms with Gasteiger partial charge in [-0.1, -0.05) is 17.7 Å². The van der Waals surface area contributed by atoms with Crippen molar-refractivity contribution in [3.63, 3.8) is 0 Å². The van der Waals surface area contributed by atoms with Crippen LogP contribution in [0.5, 0.6) is 0 Å². The molecule has 1 N–H and O–H groups in total. The number of hydrogen-bond donors (Lipinski definition) is 1. The Labute approximate surface area is 113 Å². The summed E-state index contributed by atoms with van der Waals surface area (Å²) in [7, 11) is 0. The van der Waals surface area contributed by atoms with E-state index in [0.717, 1.165) is 4.90 Å². The first-order chi connectivity index (χ1) is 8.65. The summed E-state index contributed by atoms with van der Waals surface area (Å²) >= 11 is 7.42. The van der Waals surface area contributed by atoms with Crippen LogP contribution in [0.15, 0.2) is 41.6 Å². The van der Waals surface area contributed by atoms with Crippen molar-refractivity contribution in [3.8, 4) is 0 Å². The molecule has 0 aliphatic heterocycles. The third kappa shape index (κ3) is 3.45. The number of carboxylic acid groups (broad SMARTS) is 1. The van der Waals surface area contributed by atoms with Crippen molar-refractivity contribution in [2.75, 3.05) is 0 Å². The number of carbonyl (C=O) groups is 1. The Bertz CT molecular complexity index is 560. The molecule has 0 radical (unpaired) electrons. The van der Waals surface area contributed by atoms with E-state index in [1.807, 2.05) is 24.3 Å². The second-order valence-electron chi connectivity index (χ2n) is 3.44. The van der Waals surface area contributed by atoms with Gasteiger partial charge in [-0.15, -0.1) is 11.8 Å². The number of benzene rings is 1. The predicted octanol–water partition coefficient (Wildman–Crippen LogP) is 3.12. The zero-order chi connectivity index (χ0) is 13.0.